The number of unbranched alkanes of at least 4 members (excludes halogenated alkanes) is 3. The Bertz CT molecular complexity index is 952. The van der Waals surface area contributed by atoms with Crippen LogP contribution in [0.3, 0.4) is 0 Å². The van der Waals surface area contributed by atoms with E-state index in [4.69, 9.17) is 9.47 Å². The van der Waals surface area contributed by atoms with Gasteiger partial charge in [0.05, 0.1) is 13.5 Å². The van der Waals surface area contributed by atoms with Crippen molar-refractivity contribution >= 4 is 11.8 Å². The van der Waals surface area contributed by atoms with Gasteiger partial charge in [0.2, 0.25) is 5.91 Å². The second-order valence-electron chi connectivity index (χ2n) is 10.3. The first kappa shape index (κ1) is 28.2. The van der Waals surface area contributed by atoms with Crippen molar-refractivity contribution in [2.24, 2.45) is 0 Å². The third kappa shape index (κ3) is 6.12. The molecule has 0 bridgehead atoms. The molecule has 1 fully saturated rings. The van der Waals surface area contributed by atoms with Crippen LogP contribution < -0.4 is 10.1 Å². The van der Waals surface area contributed by atoms with Gasteiger partial charge in [-0.15, -0.1) is 0 Å². The van der Waals surface area contributed by atoms with Gasteiger partial charge in [0.25, 0.3) is 5.91 Å². The lowest BCUT2D eigenvalue weighted by atomic mass is 9.91. The quantitative estimate of drug-likeness (QED) is 0.436. The van der Waals surface area contributed by atoms with Crippen LogP contribution in [-0.2, 0) is 20.7 Å². The Morgan fingerprint density at radius 1 is 1.08 bits per heavy atom. The van der Waals surface area contributed by atoms with Crippen LogP contribution in [0.4, 0.5) is 0 Å². The maximum absolute atomic E-state index is 13.5. The summed E-state index contributed by atoms with van der Waals surface area (Å²) in [5.41, 5.74) is 3.35. The van der Waals surface area contributed by atoms with Crippen molar-refractivity contribution in [1.29, 1.82) is 0 Å². The van der Waals surface area contributed by atoms with E-state index in [0.29, 0.717) is 0 Å². The predicted octanol–water partition coefficient (Wildman–Crippen LogP) is 4.23. The molecule has 1 N–H and O–H groups in total. The highest BCUT2D eigenvalue weighted by Crippen LogP contribution is 2.40. The molecule has 200 valence electrons. The molecule has 0 aliphatic carbocycles. The number of hydrogen-bond acceptors (Lipinski definition) is 5. The van der Waals surface area contributed by atoms with Crippen LogP contribution >= 0.6 is 0 Å². The van der Waals surface area contributed by atoms with Gasteiger partial charge < -0.3 is 24.6 Å². The Balaban J connectivity index is 1.41. The number of allylic oxidation sites excluding steroid dienone is 1. The highest BCUT2D eigenvalue weighted by molar-refractivity contribution is 5.98. The summed E-state index contributed by atoms with van der Waals surface area (Å²) in [5.74, 6) is 0.663. The van der Waals surface area contributed by atoms with E-state index in [0.717, 1.165) is 55.9 Å². The third-order valence-electron chi connectivity index (χ3n) is 8.26. The second-order valence-corrected chi connectivity index (χ2v) is 10.3. The van der Waals surface area contributed by atoms with Gasteiger partial charge in [-0.1, -0.05) is 18.9 Å². The smallest absolute Gasteiger partial charge is 0.264 e. The second kappa shape index (κ2) is 12.7. The average Bonchev–Trinajstić information content (AvgIpc) is 3.07. The summed E-state index contributed by atoms with van der Waals surface area (Å²) < 4.78 is 11.1. The number of carbonyl (C=O) groups excluding carboxylic acids is 2. The molecule has 2 aliphatic heterocycles. The minimum Gasteiger partial charge on any atom is -0.497 e. The van der Waals surface area contributed by atoms with E-state index in [1.54, 1.807) is 14.2 Å². The molecule has 1 saturated heterocycles. The normalized spacial score (nSPS) is 21.4. The highest BCUT2D eigenvalue weighted by Gasteiger charge is 2.53. The van der Waals surface area contributed by atoms with Gasteiger partial charge in [-0.3, -0.25) is 9.59 Å². The summed E-state index contributed by atoms with van der Waals surface area (Å²) in [5, 5.41) is 2.63. The fraction of sp³-hybridized carbons (Fsp3) is 0.655. The number of hydrogen-bond donors (Lipinski definition) is 1. The van der Waals surface area contributed by atoms with Crippen LogP contribution in [0.5, 0.6) is 5.75 Å². The van der Waals surface area contributed by atoms with E-state index in [-0.39, 0.29) is 24.3 Å². The Hall–Kier alpha value is -2.38. The lowest BCUT2D eigenvalue weighted by Gasteiger charge is -2.38. The van der Waals surface area contributed by atoms with Crippen molar-refractivity contribution in [2.45, 2.75) is 83.8 Å². The largest absolute Gasteiger partial charge is 0.497 e. The number of rotatable bonds is 12. The molecule has 1 aromatic rings. The molecule has 1 unspecified atom stereocenters. The Labute approximate surface area is 217 Å². The lowest BCUT2D eigenvalue weighted by Crippen LogP contribution is -2.52. The number of nitrogens with one attached hydrogen (secondary N) is 1. The molecule has 0 spiro atoms. The summed E-state index contributed by atoms with van der Waals surface area (Å²) in [6, 6.07) is 6.50. The van der Waals surface area contributed by atoms with Gasteiger partial charge in [0.1, 0.15) is 5.75 Å². The van der Waals surface area contributed by atoms with E-state index >= 15 is 0 Å². The molecule has 2 heterocycles. The molecule has 0 radical (unpaired) electrons. The standard InChI is InChI=1S/C29H45N3O4/c1-21-12-13-26(35-5)19-24(21)11-9-7-8-10-16-31-17-14-25(15-18-31)32-23(3)22(2)29(36-6,28(32)34)20-27(33)30-4/h12-13,19,25H,7-11,14-18,20H2,1-6H3,(H,30,33). The summed E-state index contributed by atoms with van der Waals surface area (Å²) in [4.78, 5) is 30.1. The van der Waals surface area contributed by atoms with Crippen LogP contribution in [-0.4, -0.2) is 74.2 Å². The van der Waals surface area contributed by atoms with Crippen LogP contribution in [0.1, 0.15) is 69.9 Å². The zero-order valence-electron chi connectivity index (χ0n) is 23.1. The molecule has 2 aliphatic rings. The van der Waals surface area contributed by atoms with Crippen LogP contribution in [0.25, 0.3) is 0 Å². The highest BCUT2D eigenvalue weighted by atomic mass is 16.5. The molecule has 1 aromatic carbocycles. The van der Waals surface area contributed by atoms with Crippen molar-refractivity contribution in [1.82, 2.24) is 15.1 Å². The number of methoxy groups -OCH3 is 2. The first-order chi connectivity index (χ1) is 17.3. The summed E-state index contributed by atoms with van der Waals surface area (Å²) in [6.07, 6.45) is 7.92. The number of benzene rings is 1. The number of amides is 2. The molecule has 7 heteroatoms. The van der Waals surface area contributed by atoms with Gasteiger partial charge in [0.15, 0.2) is 5.60 Å². The van der Waals surface area contributed by atoms with E-state index in [9.17, 15) is 9.59 Å². The van der Waals surface area contributed by atoms with Crippen molar-refractivity contribution in [3.63, 3.8) is 0 Å². The van der Waals surface area contributed by atoms with Crippen LogP contribution in [0.2, 0.25) is 0 Å². The number of nitrogens with zero attached hydrogens (tertiary/aromatic N) is 2. The predicted molar refractivity (Wildman–Crippen MR) is 143 cm³/mol. The topological polar surface area (TPSA) is 71.1 Å². The number of carbonyl (C=O) groups is 2. The maximum Gasteiger partial charge on any atom is 0.264 e. The van der Waals surface area contributed by atoms with Gasteiger partial charge >= 0.3 is 0 Å². The lowest BCUT2D eigenvalue weighted by molar-refractivity contribution is -0.151. The molecule has 7 nitrogen and oxygen atoms in total. The molecule has 0 aromatic heterocycles. The molecule has 2 amide bonds. The number of likely N-dealkylation sites (tertiary alicyclic amines) is 1. The fourth-order valence-corrected chi connectivity index (χ4v) is 5.70. The maximum atomic E-state index is 13.5. The Morgan fingerprint density at radius 2 is 1.78 bits per heavy atom. The minimum absolute atomic E-state index is 0.0226. The van der Waals surface area contributed by atoms with Crippen molar-refractivity contribution < 1.29 is 19.1 Å². The van der Waals surface area contributed by atoms with Crippen LogP contribution in [0, 0.1) is 6.92 Å². The third-order valence-corrected chi connectivity index (χ3v) is 8.26. The SMILES string of the molecule is CNC(=O)CC1(OC)C(=O)N(C2CCN(CCCCCCc3cc(OC)ccc3C)CC2)C(C)=C1C. The molecule has 3 rings (SSSR count). The molecular weight excluding hydrogens is 454 g/mol. The minimum atomic E-state index is -1.18. The summed E-state index contributed by atoms with van der Waals surface area (Å²) >= 11 is 0. The summed E-state index contributed by atoms with van der Waals surface area (Å²) in [7, 11) is 4.84. The van der Waals surface area contributed by atoms with E-state index in [1.165, 1.54) is 43.9 Å². The first-order valence-electron chi connectivity index (χ1n) is 13.4. The van der Waals surface area contributed by atoms with Gasteiger partial charge in [-0.05, 0) is 88.3 Å². The Morgan fingerprint density at radius 3 is 2.42 bits per heavy atom. The Kier molecular flexibility index (Phi) is 9.97. The summed E-state index contributed by atoms with van der Waals surface area (Å²) in [6.45, 7) is 9.19. The van der Waals surface area contributed by atoms with Crippen LogP contribution in [0.15, 0.2) is 29.5 Å². The zero-order valence-corrected chi connectivity index (χ0v) is 23.1. The first-order valence-corrected chi connectivity index (χ1v) is 13.4. The van der Waals surface area contributed by atoms with E-state index < -0.39 is 5.60 Å². The van der Waals surface area contributed by atoms with Crippen molar-refractivity contribution in [2.75, 3.05) is 40.9 Å². The van der Waals surface area contributed by atoms with Gasteiger partial charge in [-0.25, -0.2) is 0 Å². The fourth-order valence-electron chi connectivity index (χ4n) is 5.70. The molecule has 36 heavy (non-hydrogen) atoms. The van der Waals surface area contributed by atoms with Gasteiger partial charge in [-0.2, -0.15) is 0 Å². The van der Waals surface area contributed by atoms with E-state index in [2.05, 4.69) is 29.3 Å². The van der Waals surface area contributed by atoms with Crippen molar-refractivity contribution in [3.8, 4) is 5.75 Å². The monoisotopic (exact) mass is 499 g/mol. The molecular formula is C29H45N3O4. The average molecular weight is 500 g/mol. The number of piperidine rings is 1. The number of ether oxygens (including phenoxy) is 2. The van der Waals surface area contributed by atoms with Crippen molar-refractivity contribution in [3.05, 3.63) is 40.6 Å². The van der Waals surface area contributed by atoms with E-state index in [1.807, 2.05) is 24.8 Å². The zero-order chi connectivity index (χ0) is 26.3. The van der Waals surface area contributed by atoms with Gasteiger partial charge in [0, 0.05) is 39.0 Å². The molecule has 1 atom stereocenters. The number of aryl methyl sites for hydroxylation is 2. The molecule has 0 saturated carbocycles.